The summed E-state index contributed by atoms with van der Waals surface area (Å²) >= 11 is 3.42. The van der Waals surface area contributed by atoms with Gasteiger partial charge in [-0.3, -0.25) is 9.59 Å². The molecule has 4 aliphatic carbocycles. The molecule has 5 rings (SSSR count). The number of hydrogen-bond acceptors (Lipinski definition) is 3. The molecule has 0 aromatic heterocycles. The number of aliphatic hydroxyl groups excluding tert-OH is 1. The number of rotatable bonds is 4. The molecule has 0 saturated heterocycles. The topological polar surface area (TPSA) is 78.4 Å². The van der Waals surface area contributed by atoms with Crippen molar-refractivity contribution in [2.75, 3.05) is 5.32 Å². The number of carbonyl (C=O) groups excluding carboxylic acids is 2. The first-order valence-electron chi connectivity index (χ1n) is 10.7. The van der Waals surface area contributed by atoms with Crippen LogP contribution in [0.3, 0.4) is 0 Å². The minimum Gasteiger partial charge on any atom is -0.393 e. The number of benzene rings is 1. The second-order valence-corrected chi connectivity index (χ2v) is 10.1. The van der Waals surface area contributed by atoms with Crippen molar-refractivity contribution in [1.29, 1.82) is 0 Å². The summed E-state index contributed by atoms with van der Waals surface area (Å²) in [6.45, 7) is 0. The Morgan fingerprint density at radius 2 is 1.52 bits per heavy atom. The number of carbonyl (C=O) groups is 2. The molecule has 6 heteroatoms. The molecular weight excluding hydrogens is 432 g/mol. The molecular formula is C23H27BrN2O3. The van der Waals surface area contributed by atoms with Gasteiger partial charge in [0.15, 0.2) is 0 Å². The van der Waals surface area contributed by atoms with Gasteiger partial charge in [0, 0.05) is 16.2 Å². The smallest absolute Gasteiger partial charge is 0.228 e. The van der Waals surface area contributed by atoms with E-state index >= 15 is 0 Å². The van der Waals surface area contributed by atoms with Crippen molar-refractivity contribution < 1.29 is 14.7 Å². The van der Waals surface area contributed by atoms with Crippen LogP contribution in [0, 0.1) is 29.1 Å². The molecule has 1 spiro atoms. The Morgan fingerprint density at radius 1 is 0.931 bits per heavy atom. The number of aliphatic hydroxyl groups is 1. The Kier molecular flexibility index (Phi) is 4.82. The fraction of sp³-hybridized carbons (Fsp3) is 0.565. The van der Waals surface area contributed by atoms with E-state index in [2.05, 4.69) is 38.7 Å². The number of allylic oxidation sites excluding steroid dienone is 2. The van der Waals surface area contributed by atoms with Gasteiger partial charge < -0.3 is 15.7 Å². The molecule has 2 amide bonds. The van der Waals surface area contributed by atoms with Crippen molar-refractivity contribution in [3.05, 3.63) is 40.9 Å². The SMILES string of the molecule is O=C(NC1CCC(O)CC1)[C@H]1[C@H](C(=O)Nc2ccc(Br)cc2)[C@@H]2C=C[C@H]1C21CC1. The summed E-state index contributed by atoms with van der Waals surface area (Å²) in [5, 5.41) is 16.0. The molecule has 4 aliphatic rings. The van der Waals surface area contributed by atoms with Crippen molar-refractivity contribution in [1.82, 2.24) is 5.32 Å². The first-order chi connectivity index (χ1) is 14.0. The molecule has 0 aliphatic heterocycles. The molecule has 1 aromatic carbocycles. The molecule has 2 bridgehead atoms. The molecule has 0 unspecified atom stereocenters. The third-order valence-electron chi connectivity index (χ3n) is 7.60. The maximum absolute atomic E-state index is 13.3. The zero-order valence-corrected chi connectivity index (χ0v) is 17.9. The average molecular weight is 459 g/mol. The van der Waals surface area contributed by atoms with Crippen molar-refractivity contribution in [2.24, 2.45) is 29.1 Å². The lowest BCUT2D eigenvalue weighted by Gasteiger charge is -2.31. The zero-order valence-electron chi connectivity index (χ0n) is 16.3. The highest BCUT2D eigenvalue weighted by atomic mass is 79.9. The third-order valence-corrected chi connectivity index (χ3v) is 8.13. The van der Waals surface area contributed by atoms with Crippen LogP contribution >= 0.6 is 15.9 Å². The predicted octanol–water partition coefficient (Wildman–Crippen LogP) is 3.64. The highest BCUT2D eigenvalue weighted by Gasteiger charge is 2.69. The van der Waals surface area contributed by atoms with Crippen LogP contribution in [0.1, 0.15) is 38.5 Å². The minimum atomic E-state index is -0.315. The second-order valence-electron chi connectivity index (χ2n) is 9.23. The van der Waals surface area contributed by atoms with E-state index in [1.807, 2.05) is 24.3 Å². The minimum absolute atomic E-state index is 0.0190. The summed E-state index contributed by atoms with van der Waals surface area (Å²) < 4.78 is 0.963. The van der Waals surface area contributed by atoms with Gasteiger partial charge in [-0.05, 0) is 80.0 Å². The standard InChI is InChI=1S/C23H27BrN2O3/c24-13-1-3-14(4-2-13)25-21(28)19-17-9-10-18(23(17)11-12-23)20(19)22(29)26-15-5-7-16(27)8-6-15/h1-4,9-10,15-20,27H,5-8,11-12H2,(H,25,28)(H,26,29)/t15?,16?,17-,18+,19+,20+/m0/s1. The molecule has 4 atom stereocenters. The Morgan fingerprint density at radius 3 is 2.10 bits per heavy atom. The van der Waals surface area contributed by atoms with Crippen LogP contribution in [0.25, 0.3) is 0 Å². The lowest BCUT2D eigenvalue weighted by molar-refractivity contribution is -0.133. The highest BCUT2D eigenvalue weighted by Crippen LogP contribution is 2.72. The van der Waals surface area contributed by atoms with Gasteiger partial charge in [-0.15, -0.1) is 0 Å². The molecule has 29 heavy (non-hydrogen) atoms. The first-order valence-corrected chi connectivity index (χ1v) is 11.5. The quantitative estimate of drug-likeness (QED) is 0.602. The van der Waals surface area contributed by atoms with E-state index in [-0.39, 0.29) is 53.0 Å². The summed E-state index contributed by atoms with van der Waals surface area (Å²) in [5.74, 6) is -0.311. The van der Waals surface area contributed by atoms with E-state index in [0.29, 0.717) is 0 Å². The Hall–Kier alpha value is -1.66. The van der Waals surface area contributed by atoms with Crippen LogP contribution in [0.5, 0.6) is 0 Å². The molecule has 3 saturated carbocycles. The monoisotopic (exact) mass is 458 g/mol. The van der Waals surface area contributed by atoms with Gasteiger partial charge in [-0.1, -0.05) is 28.1 Å². The van der Waals surface area contributed by atoms with Gasteiger partial charge in [0.25, 0.3) is 0 Å². The van der Waals surface area contributed by atoms with Crippen molar-refractivity contribution in [3.63, 3.8) is 0 Å². The van der Waals surface area contributed by atoms with Crippen molar-refractivity contribution in [2.45, 2.75) is 50.7 Å². The summed E-state index contributed by atoms with van der Waals surface area (Å²) in [5.41, 5.74) is 0.891. The van der Waals surface area contributed by atoms with Crippen LogP contribution in [-0.4, -0.2) is 29.1 Å². The average Bonchev–Trinajstić information content (AvgIpc) is 3.38. The summed E-state index contributed by atoms with van der Waals surface area (Å²) in [6.07, 6.45) is 9.44. The first kappa shape index (κ1) is 19.3. The maximum Gasteiger partial charge on any atom is 0.228 e. The highest BCUT2D eigenvalue weighted by molar-refractivity contribution is 9.10. The third kappa shape index (κ3) is 3.34. The van der Waals surface area contributed by atoms with Gasteiger partial charge >= 0.3 is 0 Å². The molecule has 3 N–H and O–H groups in total. The second kappa shape index (κ2) is 7.24. The molecule has 3 fully saturated rings. The van der Waals surface area contributed by atoms with E-state index in [4.69, 9.17) is 0 Å². The molecule has 0 heterocycles. The van der Waals surface area contributed by atoms with Crippen LogP contribution in [0.4, 0.5) is 5.69 Å². The maximum atomic E-state index is 13.3. The molecule has 154 valence electrons. The van der Waals surface area contributed by atoms with Crippen LogP contribution in [0.2, 0.25) is 0 Å². The number of hydrogen-bond donors (Lipinski definition) is 3. The Bertz CT molecular complexity index is 840. The predicted molar refractivity (Wildman–Crippen MR) is 114 cm³/mol. The fourth-order valence-electron chi connectivity index (χ4n) is 5.99. The van der Waals surface area contributed by atoms with Gasteiger partial charge in [0.05, 0.1) is 17.9 Å². The van der Waals surface area contributed by atoms with E-state index in [0.717, 1.165) is 48.7 Å². The lowest BCUT2D eigenvalue weighted by atomic mass is 9.81. The molecule has 5 nitrogen and oxygen atoms in total. The van der Waals surface area contributed by atoms with Crippen LogP contribution < -0.4 is 10.6 Å². The van der Waals surface area contributed by atoms with Gasteiger partial charge in [-0.25, -0.2) is 0 Å². The van der Waals surface area contributed by atoms with Crippen LogP contribution in [-0.2, 0) is 9.59 Å². The number of halogens is 1. The summed E-state index contributed by atoms with van der Waals surface area (Å²) in [6, 6.07) is 7.67. The van der Waals surface area contributed by atoms with Gasteiger partial charge in [0.2, 0.25) is 11.8 Å². The largest absolute Gasteiger partial charge is 0.393 e. The van der Waals surface area contributed by atoms with Gasteiger partial charge in [0.1, 0.15) is 0 Å². The molecule has 0 radical (unpaired) electrons. The normalized spacial score (nSPS) is 36.2. The number of anilines is 1. The van der Waals surface area contributed by atoms with Crippen LogP contribution in [0.15, 0.2) is 40.9 Å². The van der Waals surface area contributed by atoms with E-state index in [9.17, 15) is 14.7 Å². The van der Waals surface area contributed by atoms with E-state index in [1.54, 1.807) is 0 Å². The number of amides is 2. The van der Waals surface area contributed by atoms with Crippen molar-refractivity contribution in [3.8, 4) is 0 Å². The van der Waals surface area contributed by atoms with Crippen molar-refractivity contribution >= 4 is 33.4 Å². The van der Waals surface area contributed by atoms with Gasteiger partial charge in [-0.2, -0.15) is 0 Å². The fourth-order valence-corrected chi connectivity index (χ4v) is 6.25. The van der Waals surface area contributed by atoms with E-state index in [1.165, 1.54) is 0 Å². The zero-order chi connectivity index (χ0) is 20.2. The summed E-state index contributed by atoms with van der Waals surface area (Å²) in [4.78, 5) is 26.6. The lowest BCUT2D eigenvalue weighted by Crippen LogP contribution is -2.46. The molecule has 1 aromatic rings. The Labute approximate surface area is 179 Å². The summed E-state index contributed by atoms with van der Waals surface area (Å²) in [7, 11) is 0. The Balaban J connectivity index is 1.34. The van der Waals surface area contributed by atoms with E-state index < -0.39 is 0 Å². The number of nitrogens with one attached hydrogen (secondary N) is 2.